The molecule has 0 saturated carbocycles. The van der Waals surface area contributed by atoms with E-state index in [0.29, 0.717) is 0 Å². The van der Waals surface area contributed by atoms with Crippen LogP contribution in [0, 0.1) is 5.92 Å². The summed E-state index contributed by atoms with van der Waals surface area (Å²) in [4.78, 5) is 0. The number of hydrogen-bond acceptors (Lipinski definition) is 6. The largest absolute Gasteiger partial charge is 0.390 e. The van der Waals surface area contributed by atoms with Gasteiger partial charge in [0.15, 0.2) is 6.29 Å². The molecule has 1 fully saturated rings. The maximum absolute atomic E-state index is 12.3. The predicted octanol–water partition coefficient (Wildman–Crippen LogP) is -1.18. The van der Waals surface area contributed by atoms with Crippen molar-refractivity contribution in [3.05, 3.63) is 11.9 Å². The summed E-state index contributed by atoms with van der Waals surface area (Å²) in [5.41, 5.74) is 0.176. The van der Waals surface area contributed by atoms with Gasteiger partial charge in [-0.3, -0.25) is 0 Å². The van der Waals surface area contributed by atoms with E-state index >= 15 is 0 Å². The number of aromatic nitrogens is 3. The Bertz CT molecular complexity index is 402. The molecular weight excluding hydrogens is 244 g/mol. The minimum atomic E-state index is -1.16. The zero-order valence-corrected chi connectivity index (χ0v) is 9.85. The highest BCUT2D eigenvalue weighted by molar-refractivity contribution is 4.91. The number of hydrogen-bond donors (Lipinski definition) is 3. The summed E-state index contributed by atoms with van der Waals surface area (Å²) < 4.78 is 18.8. The highest BCUT2D eigenvalue weighted by Gasteiger charge is 2.41. The van der Waals surface area contributed by atoms with Gasteiger partial charge in [-0.2, -0.15) is 0 Å². The number of alkyl halides is 1. The van der Waals surface area contributed by atoms with E-state index in [0.717, 1.165) is 0 Å². The third kappa shape index (κ3) is 2.51. The lowest BCUT2D eigenvalue weighted by molar-refractivity contribution is -0.263. The Hall–Kier alpha value is -1.09. The lowest BCUT2D eigenvalue weighted by Gasteiger charge is -2.39. The van der Waals surface area contributed by atoms with E-state index in [1.165, 1.54) is 10.9 Å². The van der Waals surface area contributed by atoms with Crippen molar-refractivity contribution in [3.63, 3.8) is 0 Å². The molecule has 0 radical (unpaired) electrons. The van der Waals surface area contributed by atoms with Gasteiger partial charge >= 0.3 is 0 Å². The molecule has 8 heteroatoms. The Labute approximate surface area is 103 Å². The van der Waals surface area contributed by atoms with Gasteiger partial charge in [0.2, 0.25) is 0 Å². The molecule has 7 nitrogen and oxygen atoms in total. The molecule has 0 spiro atoms. The molecule has 0 amide bonds. The molecule has 102 valence electrons. The summed E-state index contributed by atoms with van der Waals surface area (Å²) in [6.07, 6.45) is -2.81. The lowest BCUT2D eigenvalue weighted by Crippen LogP contribution is -2.54. The molecule has 0 bridgehead atoms. The van der Waals surface area contributed by atoms with Gasteiger partial charge in [-0.15, -0.1) is 5.10 Å². The van der Waals surface area contributed by atoms with Gasteiger partial charge in [0.1, 0.15) is 24.6 Å². The fourth-order valence-electron chi connectivity index (χ4n) is 1.91. The van der Waals surface area contributed by atoms with Gasteiger partial charge in [-0.05, 0) is 0 Å². The molecule has 1 aliphatic rings. The van der Waals surface area contributed by atoms with Crippen molar-refractivity contribution in [1.29, 1.82) is 0 Å². The Balaban J connectivity index is 2.04. The summed E-state index contributed by atoms with van der Waals surface area (Å²) in [6.45, 7) is 0.927. The van der Waals surface area contributed by atoms with Crippen molar-refractivity contribution in [3.8, 4) is 0 Å². The van der Waals surface area contributed by atoms with Gasteiger partial charge in [0.25, 0.3) is 0 Å². The van der Waals surface area contributed by atoms with Crippen LogP contribution >= 0.6 is 0 Å². The molecule has 2 rings (SSSR count). The smallest absolute Gasteiger partial charge is 0.160 e. The van der Waals surface area contributed by atoms with Crippen LogP contribution < -0.4 is 0 Å². The minimum Gasteiger partial charge on any atom is -0.390 e. The number of aliphatic hydroxyl groups excluding tert-OH is 3. The second-order valence-electron chi connectivity index (χ2n) is 4.47. The van der Waals surface area contributed by atoms with Crippen LogP contribution in [0.2, 0.25) is 0 Å². The first-order valence-electron chi connectivity index (χ1n) is 5.67. The fourth-order valence-corrected chi connectivity index (χ4v) is 1.91. The molecule has 3 N–H and O–H groups in total. The maximum atomic E-state index is 12.3. The van der Waals surface area contributed by atoms with Gasteiger partial charge in [-0.1, -0.05) is 12.1 Å². The number of nitrogens with zero attached hydrogens (tertiary/aromatic N) is 3. The summed E-state index contributed by atoms with van der Waals surface area (Å²) in [5, 5.41) is 36.3. The van der Waals surface area contributed by atoms with Gasteiger partial charge < -0.3 is 20.1 Å². The standard InChI is InChI=1S/C10H16FN3O4/c1-5-8(15)9(16)7(18-10(5)17)4-14-3-6(2-11)12-13-14/h3,5,7-10,15-17H,2,4H2,1H3/t5-,7-,8-,9-,10?/m1/s1/i11-1. The normalized spacial score (nSPS) is 36.8. The van der Waals surface area contributed by atoms with Gasteiger partial charge in [0, 0.05) is 5.92 Å². The quantitative estimate of drug-likeness (QED) is 0.632. The zero-order valence-electron chi connectivity index (χ0n) is 9.85. The second-order valence-corrected chi connectivity index (χ2v) is 4.47. The third-order valence-corrected chi connectivity index (χ3v) is 3.12. The van der Waals surface area contributed by atoms with E-state index in [9.17, 15) is 19.7 Å². The molecule has 1 aliphatic heterocycles. The summed E-state index contributed by atoms with van der Waals surface area (Å²) in [5.74, 6) is -0.576. The van der Waals surface area contributed by atoms with Crippen LogP contribution in [0.1, 0.15) is 12.6 Å². The van der Waals surface area contributed by atoms with E-state index in [1.54, 1.807) is 6.92 Å². The Morgan fingerprint density at radius 2 is 2.11 bits per heavy atom. The highest BCUT2D eigenvalue weighted by atomic mass is 18.2. The average Bonchev–Trinajstić information content (AvgIpc) is 2.81. The maximum Gasteiger partial charge on any atom is 0.160 e. The summed E-state index contributed by atoms with van der Waals surface area (Å²) >= 11 is 0. The molecule has 1 saturated heterocycles. The monoisotopic (exact) mass is 260 g/mol. The molecule has 1 aromatic rings. The Kier molecular flexibility index (Phi) is 3.91. The fraction of sp³-hybridized carbons (Fsp3) is 0.800. The predicted molar refractivity (Wildman–Crippen MR) is 56.9 cm³/mol. The first kappa shape index (κ1) is 13.3. The van der Waals surface area contributed by atoms with Crippen molar-refractivity contribution < 1.29 is 24.4 Å². The minimum absolute atomic E-state index is 0.0784. The van der Waals surface area contributed by atoms with Crippen LogP contribution in [0.5, 0.6) is 0 Å². The van der Waals surface area contributed by atoms with E-state index < -0.39 is 37.2 Å². The van der Waals surface area contributed by atoms with Crippen LogP contribution in [-0.2, 0) is 18.0 Å². The molecule has 0 aliphatic carbocycles. The highest BCUT2D eigenvalue weighted by Crippen LogP contribution is 2.25. The average molecular weight is 260 g/mol. The molecule has 5 atom stereocenters. The van der Waals surface area contributed by atoms with E-state index in [1.807, 2.05) is 0 Å². The molecule has 1 aromatic heterocycles. The van der Waals surface area contributed by atoms with Crippen LogP contribution in [0.15, 0.2) is 6.20 Å². The second kappa shape index (κ2) is 5.27. The number of halogens is 1. The molecule has 18 heavy (non-hydrogen) atoms. The number of rotatable bonds is 3. The molecule has 2 heterocycles. The third-order valence-electron chi connectivity index (χ3n) is 3.12. The molecule has 1 unspecified atom stereocenters. The van der Waals surface area contributed by atoms with Crippen LogP contribution in [0.3, 0.4) is 0 Å². The van der Waals surface area contributed by atoms with Crippen LogP contribution in [0.4, 0.5) is 4.39 Å². The number of aliphatic hydroxyl groups is 3. The topological polar surface area (TPSA) is 101 Å². The number of ether oxygens (including phenoxy) is 1. The van der Waals surface area contributed by atoms with Crippen molar-refractivity contribution in [1.82, 2.24) is 15.0 Å². The molecular formula is C10H16FN3O4. The first-order valence-corrected chi connectivity index (χ1v) is 5.67. The van der Waals surface area contributed by atoms with Crippen molar-refractivity contribution >= 4 is 0 Å². The van der Waals surface area contributed by atoms with Gasteiger partial charge in [0.05, 0.1) is 18.8 Å². The first-order chi connectivity index (χ1) is 8.52. The Morgan fingerprint density at radius 3 is 2.72 bits per heavy atom. The van der Waals surface area contributed by atoms with Crippen molar-refractivity contribution in [2.45, 2.75) is 44.7 Å². The van der Waals surface area contributed by atoms with Gasteiger partial charge in [-0.25, -0.2) is 9.07 Å². The summed E-state index contributed by atoms with van der Waals surface area (Å²) in [6, 6.07) is 0. The SMILES string of the molecule is C[C@H]1C(O)O[C@H](Cn2cc(C[18F])nn2)[C@@H](O)[C@@H]1O. The molecule has 0 aromatic carbocycles. The van der Waals surface area contributed by atoms with E-state index in [2.05, 4.69) is 10.3 Å². The Morgan fingerprint density at radius 1 is 1.39 bits per heavy atom. The summed E-state index contributed by atoms with van der Waals surface area (Å²) in [7, 11) is 0. The van der Waals surface area contributed by atoms with E-state index in [4.69, 9.17) is 4.74 Å². The van der Waals surface area contributed by atoms with Crippen LogP contribution in [0.25, 0.3) is 0 Å². The van der Waals surface area contributed by atoms with Crippen molar-refractivity contribution in [2.75, 3.05) is 0 Å². The zero-order chi connectivity index (χ0) is 13.3. The van der Waals surface area contributed by atoms with Crippen molar-refractivity contribution in [2.24, 2.45) is 5.92 Å². The van der Waals surface area contributed by atoms with E-state index in [-0.39, 0.29) is 12.2 Å². The lowest BCUT2D eigenvalue weighted by atomic mass is 9.92. The van der Waals surface area contributed by atoms with Crippen LogP contribution in [-0.4, -0.2) is 54.9 Å².